The molecule has 1 unspecified atom stereocenters. The Morgan fingerprint density at radius 3 is 2.72 bits per heavy atom. The fourth-order valence-corrected chi connectivity index (χ4v) is 2.76. The van der Waals surface area contributed by atoms with Gasteiger partial charge in [-0.1, -0.05) is 12.1 Å². The normalized spacial score (nSPS) is 11.9. The fraction of sp³-hybridized carbons (Fsp3) is 0.0952. The number of halogens is 3. The highest BCUT2D eigenvalue weighted by molar-refractivity contribution is 6.03. The average Bonchev–Trinajstić information content (AvgIpc) is 2.80. The molecule has 0 aliphatic rings. The minimum Gasteiger partial charge on any atom is -0.452 e. The van der Waals surface area contributed by atoms with Crippen LogP contribution in [0, 0.1) is 0 Å². The number of nitrogens with zero attached hydrogens (tertiary/aromatic N) is 4. The minimum atomic E-state index is -3.34. The van der Waals surface area contributed by atoms with Gasteiger partial charge in [0, 0.05) is 35.7 Å². The number of pyridine rings is 2. The van der Waals surface area contributed by atoms with Crippen LogP contribution < -0.4 is 15.4 Å². The molecule has 4 aromatic rings. The van der Waals surface area contributed by atoms with Crippen LogP contribution in [0.5, 0.6) is 5.75 Å². The molecule has 0 fully saturated rings. The van der Waals surface area contributed by atoms with Gasteiger partial charge >= 0.3 is 6.43 Å². The molecule has 0 spiro atoms. The van der Waals surface area contributed by atoms with E-state index in [-0.39, 0.29) is 23.1 Å². The first-order valence-electron chi connectivity index (χ1n) is 9.29. The molecule has 1 atom stereocenters. The Bertz CT molecular complexity index is 1260. The summed E-state index contributed by atoms with van der Waals surface area (Å²) >= 11 is 0. The predicted octanol–water partition coefficient (Wildman–Crippen LogP) is 4.36. The lowest BCUT2D eigenvalue weighted by atomic mass is 10.2. The largest absolute Gasteiger partial charge is 0.452 e. The number of rotatable bonds is 7. The second-order valence-corrected chi connectivity index (χ2v) is 6.43. The molecule has 162 valence electrons. The van der Waals surface area contributed by atoms with Crippen molar-refractivity contribution in [2.24, 2.45) is 0 Å². The standard InChI is InChI=1S/C21H15F3N6O2/c22-18(23)19(24)32-17-6-8-25-11-16(17)29-20(31)14-5-9-27-21(30-14)28-13-4-3-12-2-1-7-26-15(12)10-13/h1-11,18-19H,(H,29,31)(H,27,28,30). The highest BCUT2D eigenvalue weighted by Crippen LogP contribution is 2.26. The zero-order chi connectivity index (χ0) is 22.5. The van der Waals surface area contributed by atoms with Crippen molar-refractivity contribution in [1.82, 2.24) is 19.9 Å². The van der Waals surface area contributed by atoms with Gasteiger partial charge in [0.1, 0.15) is 17.1 Å². The smallest absolute Gasteiger partial charge is 0.304 e. The van der Waals surface area contributed by atoms with Crippen LogP contribution in [0.15, 0.2) is 67.3 Å². The van der Waals surface area contributed by atoms with Gasteiger partial charge in [0.2, 0.25) is 5.95 Å². The maximum absolute atomic E-state index is 13.3. The Morgan fingerprint density at radius 1 is 1.00 bits per heavy atom. The summed E-state index contributed by atoms with van der Waals surface area (Å²) in [6, 6.07) is 11.8. The highest BCUT2D eigenvalue weighted by atomic mass is 19.3. The van der Waals surface area contributed by atoms with Crippen LogP contribution >= 0.6 is 0 Å². The van der Waals surface area contributed by atoms with E-state index < -0.39 is 18.7 Å². The zero-order valence-electron chi connectivity index (χ0n) is 16.2. The van der Waals surface area contributed by atoms with Gasteiger partial charge in [-0.15, -0.1) is 0 Å². The number of benzene rings is 1. The molecule has 11 heteroatoms. The van der Waals surface area contributed by atoms with E-state index in [0.717, 1.165) is 23.2 Å². The van der Waals surface area contributed by atoms with Crippen molar-refractivity contribution in [3.63, 3.8) is 0 Å². The molecule has 1 aromatic carbocycles. The number of hydrogen-bond acceptors (Lipinski definition) is 7. The van der Waals surface area contributed by atoms with Crippen molar-refractivity contribution in [3.8, 4) is 5.75 Å². The molecular formula is C21H15F3N6O2. The Balaban J connectivity index is 1.50. The summed E-state index contributed by atoms with van der Waals surface area (Å²) in [5, 5.41) is 6.38. The summed E-state index contributed by atoms with van der Waals surface area (Å²) in [6.45, 7) is 0. The number of amides is 1. The molecule has 0 aliphatic heterocycles. The zero-order valence-corrected chi connectivity index (χ0v) is 16.2. The minimum absolute atomic E-state index is 0.0260. The second kappa shape index (κ2) is 9.25. The Hall–Kier alpha value is -4.28. The lowest BCUT2D eigenvalue weighted by molar-refractivity contribution is -0.0665. The van der Waals surface area contributed by atoms with E-state index in [1.807, 2.05) is 24.3 Å². The summed E-state index contributed by atoms with van der Waals surface area (Å²) in [4.78, 5) is 28.9. The van der Waals surface area contributed by atoms with Gasteiger partial charge in [0.25, 0.3) is 12.3 Å². The Morgan fingerprint density at radius 2 is 1.88 bits per heavy atom. The lowest BCUT2D eigenvalue weighted by Crippen LogP contribution is -2.21. The van der Waals surface area contributed by atoms with Gasteiger partial charge < -0.3 is 15.4 Å². The Labute approximate surface area is 179 Å². The van der Waals surface area contributed by atoms with Crippen molar-refractivity contribution in [3.05, 3.63) is 72.9 Å². The van der Waals surface area contributed by atoms with Crippen LogP contribution in [0.1, 0.15) is 10.5 Å². The monoisotopic (exact) mass is 440 g/mol. The molecule has 3 aromatic heterocycles. The van der Waals surface area contributed by atoms with Crippen LogP contribution in [0.2, 0.25) is 0 Å². The molecule has 8 nitrogen and oxygen atoms in total. The lowest BCUT2D eigenvalue weighted by Gasteiger charge is -2.14. The third-order valence-electron chi connectivity index (χ3n) is 4.22. The maximum atomic E-state index is 13.3. The van der Waals surface area contributed by atoms with E-state index >= 15 is 0 Å². The first-order chi connectivity index (χ1) is 15.5. The molecule has 0 saturated carbocycles. The molecule has 2 N–H and O–H groups in total. The van der Waals surface area contributed by atoms with Gasteiger partial charge in [-0.25, -0.2) is 18.7 Å². The Kier molecular flexibility index (Phi) is 6.06. The number of anilines is 3. The summed E-state index contributed by atoms with van der Waals surface area (Å²) in [5.74, 6) is -0.838. The predicted molar refractivity (Wildman–Crippen MR) is 111 cm³/mol. The number of hydrogen-bond donors (Lipinski definition) is 2. The quantitative estimate of drug-likeness (QED) is 0.440. The summed E-state index contributed by atoms with van der Waals surface area (Å²) in [5.41, 5.74) is 1.32. The number of carbonyl (C=O) groups is 1. The van der Waals surface area contributed by atoms with Crippen molar-refractivity contribution in [2.75, 3.05) is 10.6 Å². The number of aromatic nitrogens is 4. The number of carbonyl (C=O) groups excluding carboxylic acids is 1. The molecule has 32 heavy (non-hydrogen) atoms. The topological polar surface area (TPSA) is 102 Å². The van der Waals surface area contributed by atoms with Gasteiger partial charge in [0.05, 0.1) is 11.7 Å². The molecule has 0 saturated heterocycles. The number of nitrogens with one attached hydrogen (secondary N) is 2. The van der Waals surface area contributed by atoms with Crippen molar-refractivity contribution < 1.29 is 22.7 Å². The van der Waals surface area contributed by atoms with E-state index in [0.29, 0.717) is 5.69 Å². The number of ether oxygens (including phenoxy) is 1. The third-order valence-corrected chi connectivity index (χ3v) is 4.22. The van der Waals surface area contributed by atoms with Gasteiger partial charge in [0.15, 0.2) is 0 Å². The average molecular weight is 440 g/mol. The summed E-state index contributed by atoms with van der Waals surface area (Å²) in [6.07, 6.45) is -0.774. The van der Waals surface area contributed by atoms with Crippen molar-refractivity contribution >= 4 is 34.1 Å². The van der Waals surface area contributed by atoms with Gasteiger partial charge in [-0.05, 0) is 24.3 Å². The van der Waals surface area contributed by atoms with Crippen LogP contribution in [0.4, 0.5) is 30.5 Å². The van der Waals surface area contributed by atoms with Crippen LogP contribution in [0.25, 0.3) is 10.9 Å². The maximum Gasteiger partial charge on any atom is 0.304 e. The molecule has 4 rings (SSSR count). The second-order valence-electron chi connectivity index (χ2n) is 6.43. The van der Waals surface area contributed by atoms with Gasteiger partial charge in [-0.3, -0.25) is 14.8 Å². The summed E-state index contributed by atoms with van der Waals surface area (Å²) < 4.78 is 42.7. The third kappa shape index (κ3) is 4.89. The van der Waals surface area contributed by atoms with Gasteiger partial charge in [-0.2, -0.15) is 4.39 Å². The number of alkyl halides is 3. The van der Waals surface area contributed by atoms with Crippen molar-refractivity contribution in [2.45, 2.75) is 12.8 Å². The molecular weight excluding hydrogens is 425 g/mol. The van der Waals surface area contributed by atoms with Crippen LogP contribution in [-0.2, 0) is 0 Å². The fourth-order valence-electron chi connectivity index (χ4n) is 2.76. The van der Waals surface area contributed by atoms with E-state index in [2.05, 4.69) is 35.3 Å². The van der Waals surface area contributed by atoms with E-state index in [1.165, 1.54) is 18.5 Å². The van der Waals surface area contributed by atoms with E-state index in [4.69, 9.17) is 0 Å². The van der Waals surface area contributed by atoms with Crippen LogP contribution in [0.3, 0.4) is 0 Å². The molecule has 1 amide bonds. The number of fused-ring (bicyclic) bond motifs is 1. The van der Waals surface area contributed by atoms with E-state index in [1.54, 1.807) is 12.3 Å². The molecule has 3 heterocycles. The van der Waals surface area contributed by atoms with E-state index in [9.17, 15) is 18.0 Å². The first kappa shape index (κ1) is 21.0. The first-order valence-corrected chi connectivity index (χ1v) is 9.29. The van der Waals surface area contributed by atoms with Crippen molar-refractivity contribution in [1.29, 1.82) is 0 Å². The molecule has 0 radical (unpaired) electrons. The SMILES string of the molecule is O=C(Nc1cnccc1OC(F)C(F)F)c1ccnc(Nc2ccc3cccnc3c2)n1. The van der Waals surface area contributed by atoms with Crippen LogP contribution in [-0.4, -0.2) is 38.6 Å². The molecule has 0 aliphatic carbocycles. The summed E-state index contributed by atoms with van der Waals surface area (Å²) in [7, 11) is 0. The molecule has 0 bridgehead atoms. The highest BCUT2D eigenvalue weighted by Gasteiger charge is 2.23.